The number of fused-ring (bicyclic) bond motifs is 1. The van der Waals surface area contributed by atoms with Crippen LogP contribution in [0.3, 0.4) is 0 Å². The van der Waals surface area contributed by atoms with Crippen molar-refractivity contribution in [3.63, 3.8) is 0 Å². The molecule has 3 aliphatic heterocycles. The predicted octanol–water partition coefficient (Wildman–Crippen LogP) is 4.70. The molecule has 1 fully saturated rings. The van der Waals surface area contributed by atoms with Gasteiger partial charge in [-0.3, -0.25) is 9.59 Å². The average molecular weight is 559 g/mol. The molecule has 0 N–H and O–H groups in total. The van der Waals surface area contributed by atoms with E-state index in [0.29, 0.717) is 37.4 Å². The fourth-order valence-electron chi connectivity index (χ4n) is 5.40. The fraction of sp³-hybridized carbons (Fsp3) is 0.355. The van der Waals surface area contributed by atoms with Crippen LogP contribution >= 0.6 is 11.8 Å². The van der Waals surface area contributed by atoms with Gasteiger partial charge in [-0.25, -0.2) is 9.79 Å². The van der Waals surface area contributed by atoms with Gasteiger partial charge in [-0.1, -0.05) is 65.9 Å². The number of aryl methyl sites for hydroxylation is 2. The standard InChI is InChI=1S/C31H34N4O4S/c1-20-10-11-26(21(2)16-20)29-28(30(38)39-18-24-8-6-5-7-9-24)22(3)32-31-35(29)25(19-40-31)17-27(37)34-14-12-33(13-15-34)23(4)36/h5-11,16,19,29H,12-15,17-18H2,1-4H3. The Kier molecular flexibility index (Phi) is 8.12. The quantitative estimate of drug-likeness (QED) is 0.478. The molecule has 0 saturated carbocycles. The molecule has 1 saturated heterocycles. The van der Waals surface area contributed by atoms with Crippen molar-refractivity contribution in [1.29, 1.82) is 0 Å². The van der Waals surface area contributed by atoms with Gasteiger partial charge in [-0.05, 0) is 42.9 Å². The van der Waals surface area contributed by atoms with Gasteiger partial charge in [0.25, 0.3) is 0 Å². The van der Waals surface area contributed by atoms with E-state index in [9.17, 15) is 14.4 Å². The Balaban J connectivity index is 1.43. The molecule has 0 aliphatic carbocycles. The monoisotopic (exact) mass is 558 g/mol. The molecule has 2 aromatic carbocycles. The number of hydrogen-bond donors (Lipinski definition) is 0. The highest BCUT2D eigenvalue weighted by atomic mass is 32.2. The molecule has 208 valence electrons. The molecule has 0 radical (unpaired) electrons. The average Bonchev–Trinajstić information content (AvgIpc) is 3.33. The van der Waals surface area contributed by atoms with Crippen LogP contribution in [0.4, 0.5) is 0 Å². The van der Waals surface area contributed by atoms with E-state index in [0.717, 1.165) is 33.1 Å². The van der Waals surface area contributed by atoms with Crippen LogP contribution in [0.15, 0.2) is 75.9 Å². The summed E-state index contributed by atoms with van der Waals surface area (Å²) in [5, 5.41) is 2.70. The van der Waals surface area contributed by atoms with Crippen molar-refractivity contribution < 1.29 is 19.1 Å². The number of nitrogens with zero attached hydrogens (tertiary/aromatic N) is 4. The SMILES string of the molecule is CC(=O)N1CCN(C(=O)CC2=CSC3=NC(C)=C(C(=O)OCc4ccccc4)C(c4ccc(C)cc4C)N23)CC1. The first kappa shape index (κ1) is 27.7. The maximum Gasteiger partial charge on any atom is 0.338 e. The third kappa shape index (κ3) is 5.70. The number of amides is 2. The second-order valence-electron chi connectivity index (χ2n) is 10.4. The zero-order valence-corrected chi connectivity index (χ0v) is 24.2. The lowest BCUT2D eigenvalue weighted by atomic mass is 9.90. The van der Waals surface area contributed by atoms with Crippen molar-refractivity contribution in [2.45, 2.75) is 46.8 Å². The number of benzene rings is 2. The molecule has 1 unspecified atom stereocenters. The lowest BCUT2D eigenvalue weighted by molar-refractivity contribution is -0.141. The summed E-state index contributed by atoms with van der Waals surface area (Å²) in [5.41, 5.74) is 5.95. The number of esters is 1. The molecule has 2 aromatic rings. The second kappa shape index (κ2) is 11.7. The van der Waals surface area contributed by atoms with Crippen LogP contribution in [0.5, 0.6) is 0 Å². The van der Waals surface area contributed by atoms with Crippen LogP contribution < -0.4 is 0 Å². The molecule has 5 rings (SSSR count). The molecule has 0 bridgehead atoms. The fourth-order valence-corrected chi connectivity index (χ4v) is 6.36. The number of amidine groups is 1. The maximum atomic E-state index is 13.7. The Morgan fingerprint density at radius 2 is 1.68 bits per heavy atom. The minimum atomic E-state index is -0.472. The number of aliphatic imine (C=N–C) groups is 1. The zero-order valence-electron chi connectivity index (χ0n) is 23.3. The lowest BCUT2D eigenvalue weighted by Gasteiger charge is -2.38. The Bertz CT molecular complexity index is 1420. The number of piperazine rings is 1. The van der Waals surface area contributed by atoms with Crippen LogP contribution in [0.25, 0.3) is 0 Å². The van der Waals surface area contributed by atoms with Crippen molar-refractivity contribution in [1.82, 2.24) is 14.7 Å². The van der Waals surface area contributed by atoms with Gasteiger partial charge in [0.15, 0.2) is 5.17 Å². The van der Waals surface area contributed by atoms with E-state index in [1.165, 1.54) is 11.8 Å². The summed E-state index contributed by atoms with van der Waals surface area (Å²) < 4.78 is 5.82. The number of rotatable bonds is 6. The number of carbonyl (C=O) groups excluding carboxylic acids is 3. The first-order valence-corrected chi connectivity index (χ1v) is 14.4. The van der Waals surface area contributed by atoms with Crippen molar-refractivity contribution in [3.8, 4) is 0 Å². The molecule has 2 amide bonds. The van der Waals surface area contributed by atoms with E-state index in [1.807, 2.05) is 72.4 Å². The topological polar surface area (TPSA) is 82.5 Å². The molecule has 8 nitrogen and oxygen atoms in total. The number of allylic oxidation sites excluding steroid dienone is 1. The molecule has 1 atom stereocenters. The summed E-state index contributed by atoms with van der Waals surface area (Å²) in [7, 11) is 0. The van der Waals surface area contributed by atoms with E-state index < -0.39 is 12.0 Å². The van der Waals surface area contributed by atoms with Gasteiger partial charge in [-0.2, -0.15) is 0 Å². The van der Waals surface area contributed by atoms with Crippen molar-refractivity contribution in [2.75, 3.05) is 26.2 Å². The van der Waals surface area contributed by atoms with E-state index >= 15 is 0 Å². The first-order chi connectivity index (χ1) is 19.2. The minimum Gasteiger partial charge on any atom is -0.457 e. The molecule has 0 spiro atoms. The van der Waals surface area contributed by atoms with E-state index in [-0.39, 0.29) is 24.8 Å². The highest BCUT2D eigenvalue weighted by molar-refractivity contribution is 8.16. The largest absolute Gasteiger partial charge is 0.457 e. The van der Waals surface area contributed by atoms with E-state index in [2.05, 4.69) is 12.1 Å². The van der Waals surface area contributed by atoms with Crippen molar-refractivity contribution in [2.24, 2.45) is 4.99 Å². The Morgan fingerprint density at radius 1 is 0.975 bits per heavy atom. The molecular formula is C31H34N4O4S. The van der Waals surface area contributed by atoms with Gasteiger partial charge >= 0.3 is 5.97 Å². The number of carbonyl (C=O) groups is 3. The number of ether oxygens (including phenoxy) is 1. The Hall–Kier alpha value is -3.85. The third-order valence-corrected chi connectivity index (χ3v) is 8.45. The van der Waals surface area contributed by atoms with Crippen molar-refractivity contribution >= 4 is 34.7 Å². The second-order valence-corrected chi connectivity index (χ2v) is 11.2. The van der Waals surface area contributed by atoms with Gasteiger partial charge in [0, 0.05) is 38.8 Å². The summed E-state index contributed by atoms with van der Waals surface area (Å²) in [6.45, 7) is 9.75. The van der Waals surface area contributed by atoms with Gasteiger partial charge in [0.2, 0.25) is 11.8 Å². The van der Waals surface area contributed by atoms with Gasteiger partial charge in [0.1, 0.15) is 6.61 Å². The molecule has 0 aromatic heterocycles. The van der Waals surface area contributed by atoms with Crippen LogP contribution in [0.1, 0.15) is 48.6 Å². The zero-order chi connectivity index (χ0) is 28.4. The van der Waals surface area contributed by atoms with E-state index in [1.54, 1.807) is 11.8 Å². The molecule has 3 heterocycles. The van der Waals surface area contributed by atoms with Gasteiger partial charge < -0.3 is 19.4 Å². The smallest absolute Gasteiger partial charge is 0.338 e. The van der Waals surface area contributed by atoms with Crippen molar-refractivity contribution in [3.05, 3.63) is 93.2 Å². The van der Waals surface area contributed by atoms with Crippen LogP contribution in [0, 0.1) is 13.8 Å². The minimum absolute atomic E-state index is 0.00448. The molecule has 40 heavy (non-hydrogen) atoms. The summed E-state index contributed by atoms with van der Waals surface area (Å²) >= 11 is 1.47. The van der Waals surface area contributed by atoms with Crippen LogP contribution in [0.2, 0.25) is 0 Å². The van der Waals surface area contributed by atoms with E-state index in [4.69, 9.17) is 9.73 Å². The highest BCUT2D eigenvalue weighted by Crippen LogP contribution is 2.45. The van der Waals surface area contributed by atoms with Gasteiger partial charge in [0.05, 0.1) is 23.7 Å². The highest BCUT2D eigenvalue weighted by Gasteiger charge is 2.42. The normalized spacial score (nSPS) is 18.8. The van der Waals surface area contributed by atoms with Crippen LogP contribution in [-0.2, 0) is 25.7 Å². The summed E-state index contributed by atoms with van der Waals surface area (Å²) in [6.07, 6.45) is 0.179. The van der Waals surface area contributed by atoms with Crippen LogP contribution in [-0.4, -0.2) is 63.8 Å². The summed E-state index contributed by atoms with van der Waals surface area (Å²) in [6, 6.07) is 15.3. The van der Waals surface area contributed by atoms with Gasteiger partial charge in [-0.15, -0.1) is 0 Å². The Morgan fingerprint density at radius 3 is 2.35 bits per heavy atom. The maximum absolute atomic E-state index is 13.7. The third-order valence-electron chi connectivity index (χ3n) is 7.56. The lowest BCUT2D eigenvalue weighted by Crippen LogP contribution is -2.50. The molecule has 9 heteroatoms. The molecular weight excluding hydrogens is 524 g/mol. The summed E-state index contributed by atoms with van der Waals surface area (Å²) in [4.78, 5) is 49.2. The predicted molar refractivity (Wildman–Crippen MR) is 156 cm³/mol. The number of hydrogen-bond acceptors (Lipinski definition) is 7. The number of thioether (sulfide) groups is 1. The molecule has 3 aliphatic rings. The summed E-state index contributed by atoms with van der Waals surface area (Å²) in [5.74, 6) is -0.395. The first-order valence-electron chi connectivity index (χ1n) is 13.5. The Labute approximate surface area is 239 Å².